The van der Waals surface area contributed by atoms with E-state index in [9.17, 15) is 9.00 Å². The predicted octanol–water partition coefficient (Wildman–Crippen LogP) is 2.79. The highest BCUT2D eigenvalue weighted by Gasteiger charge is 2.11. The molecule has 1 aromatic heterocycles. The lowest BCUT2D eigenvalue weighted by molar-refractivity contribution is 0.0665. The average molecular weight is 266 g/mol. The second kappa shape index (κ2) is 5.35. The molecule has 0 aliphatic carbocycles. The molecule has 96 valence electrons. The Morgan fingerprint density at radius 2 is 2.17 bits per heavy atom. The van der Waals surface area contributed by atoms with E-state index in [0.29, 0.717) is 17.1 Å². The quantitative estimate of drug-likeness (QED) is 0.903. The Bertz CT molecular complexity index is 600. The van der Waals surface area contributed by atoms with Gasteiger partial charge in [0.25, 0.3) is 0 Å². The fourth-order valence-corrected chi connectivity index (χ4v) is 2.92. The summed E-state index contributed by atoms with van der Waals surface area (Å²) in [6.07, 6.45) is 0.893. The summed E-state index contributed by atoms with van der Waals surface area (Å²) >= 11 is 0. The third-order valence-electron chi connectivity index (χ3n) is 2.55. The topological polar surface area (TPSA) is 67.5 Å². The van der Waals surface area contributed by atoms with Crippen LogP contribution in [0, 0.1) is 0 Å². The number of benzene rings is 1. The lowest BCUT2D eigenvalue weighted by Crippen LogP contribution is -1.99. The van der Waals surface area contributed by atoms with Crippen LogP contribution in [-0.4, -0.2) is 21.0 Å². The molecule has 0 radical (unpaired) electrons. The number of carboxylic acid groups (broad SMARTS) is 1. The van der Waals surface area contributed by atoms with Gasteiger partial charge >= 0.3 is 5.97 Å². The van der Waals surface area contributed by atoms with E-state index in [2.05, 4.69) is 0 Å². The Morgan fingerprint density at radius 1 is 1.39 bits per heavy atom. The molecule has 0 amide bonds. The second-order valence-corrected chi connectivity index (χ2v) is 5.65. The zero-order chi connectivity index (χ0) is 13.1. The zero-order valence-electron chi connectivity index (χ0n) is 10.0. The summed E-state index contributed by atoms with van der Waals surface area (Å²) in [6.45, 7) is 2.00. The molecule has 0 saturated heterocycles. The van der Waals surface area contributed by atoms with Gasteiger partial charge in [0, 0.05) is 27.7 Å². The van der Waals surface area contributed by atoms with Gasteiger partial charge in [-0.3, -0.25) is 4.21 Å². The highest BCUT2D eigenvalue weighted by molar-refractivity contribution is 7.84. The van der Waals surface area contributed by atoms with E-state index in [1.165, 1.54) is 6.07 Å². The summed E-state index contributed by atoms with van der Waals surface area (Å²) in [7, 11) is -0.863. The molecule has 1 heterocycles. The van der Waals surface area contributed by atoms with Gasteiger partial charge in [-0.1, -0.05) is 13.0 Å². The molecule has 1 atom stereocenters. The minimum absolute atomic E-state index is 0.0724. The Morgan fingerprint density at radius 3 is 2.83 bits per heavy atom. The highest BCUT2D eigenvalue weighted by Crippen LogP contribution is 2.21. The van der Waals surface area contributed by atoms with Crippen LogP contribution in [0.15, 0.2) is 28.7 Å². The Balaban J connectivity index is 2.26. The molecule has 0 aliphatic rings. The van der Waals surface area contributed by atoms with Crippen LogP contribution >= 0.6 is 0 Å². The van der Waals surface area contributed by atoms with E-state index in [4.69, 9.17) is 9.52 Å². The van der Waals surface area contributed by atoms with E-state index in [1.54, 1.807) is 6.07 Å². The van der Waals surface area contributed by atoms with Crippen LogP contribution in [0.5, 0.6) is 0 Å². The zero-order valence-corrected chi connectivity index (χ0v) is 10.8. The van der Waals surface area contributed by atoms with Crippen molar-refractivity contribution in [3.05, 3.63) is 35.6 Å². The molecule has 4 nitrogen and oxygen atoms in total. The maximum absolute atomic E-state index is 11.7. The molecule has 1 unspecified atom stereocenters. The summed E-state index contributed by atoms with van der Waals surface area (Å²) in [5, 5.41) is 9.56. The number of carboxylic acids is 1. The van der Waals surface area contributed by atoms with Crippen molar-refractivity contribution in [1.29, 1.82) is 0 Å². The number of fused-ring (bicyclic) bond motifs is 1. The molecule has 1 aromatic carbocycles. The van der Waals surface area contributed by atoms with Crippen LogP contribution in [0.25, 0.3) is 11.0 Å². The minimum atomic E-state index is -1.08. The Hall–Kier alpha value is -1.62. The molecule has 5 heteroatoms. The molecule has 1 N–H and O–H groups in total. The summed E-state index contributed by atoms with van der Waals surface area (Å²) in [5.74, 6) is 0.0281. The standard InChI is InChI=1S/C13H14O4S/c1-2-5-18(16)8-9-3-4-11-10(6-9)7-12(17-11)13(14)15/h3-4,6-7H,2,5,8H2,1H3,(H,14,15). The van der Waals surface area contributed by atoms with Gasteiger partial charge in [0.15, 0.2) is 0 Å². The van der Waals surface area contributed by atoms with Gasteiger partial charge in [-0.05, 0) is 30.2 Å². The number of hydrogen-bond acceptors (Lipinski definition) is 3. The van der Waals surface area contributed by atoms with E-state index in [-0.39, 0.29) is 5.76 Å². The van der Waals surface area contributed by atoms with Crippen molar-refractivity contribution in [2.75, 3.05) is 5.75 Å². The maximum Gasteiger partial charge on any atom is 0.371 e. The number of rotatable bonds is 5. The lowest BCUT2D eigenvalue weighted by atomic mass is 10.2. The Labute approximate surface area is 107 Å². The van der Waals surface area contributed by atoms with Crippen molar-refractivity contribution in [1.82, 2.24) is 0 Å². The summed E-state index contributed by atoms with van der Waals surface area (Å²) in [4.78, 5) is 10.8. The van der Waals surface area contributed by atoms with Crippen molar-refractivity contribution in [3.8, 4) is 0 Å². The molecule has 18 heavy (non-hydrogen) atoms. The third kappa shape index (κ3) is 2.79. The summed E-state index contributed by atoms with van der Waals surface area (Å²) < 4.78 is 16.8. The predicted molar refractivity (Wildman–Crippen MR) is 70.2 cm³/mol. The van der Waals surface area contributed by atoms with Crippen molar-refractivity contribution in [2.45, 2.75) is 19.1 Å². The maximum atomic E-state index is 11.7. The van der Waals surface area contributed by atoms with Gasteiger partial charge in [0.1, 0.15) is 5.58 Å². The van der Waals surface area contributed by atoms with Crippen LogP contribution in [0.3, 0.4) is 0 Å². The van der Waals surface area contributed by atoms with Gasteiger partial charge in [-0.25, -0.2) is 4.79 Å². The molecule has 0 aliphatic heterocycles. The SMILES string of the molecule is CCCS(=O)Cc1ccc2oc(C(=O)O)cc2c1. The Kier molecular flexibility index (Phi) is 3.81. The lowest BCUT2D eigenvalue weighted by Gasteiger charge is -2.00. The summed E-state index contributed by atoms with van der Waals surface area (Å²) in [5.41, 5.74) is 1.48. The van der Waals surface area contributed by atoms with Crippen LogP contribution in [0.4, 0.5) is 0 Å². The second-order valence-electron chi connectivity index (χ2n) is 4.08. The van der Waals surface area contributed by atoms with Crippen molar-refractivity contribution in [3.63, 3.8) is 0 Å². The van der Waals surface area contributed by atoms with E-state index in [1.807, 2.05) is 19.1 Å². The number of carbonyl (C=O) groups is 1. The van der Waals surface area contributed by atoms with E-state index in [0.717, 1.165) is 17.4 Å². The van der Waals surface area contributed by atoms with Crippen molar-refractivity contribution < 1.29 is 18.5 Å². The first-order valence-corrected chi connectivity index (χ1v) is 7.19. The monoisotopic (exact) mass is 266 g/mol. The van der Waals surface area contributed by atoms with Crippen LogP contribution in [0.1, 0.15) is 29.5 Å². The van der Waals surface area contributed by atoms with Gasteiger partial charge < -0.3 is 9.52 Å². The number of furan rings is 1. The van der Waals surface area contributed by atoms with Crippen LogP contribution < -0.4 is 0 Å². The first-order chi connectivity index (χ1) is 8.60. The fourth-order valence-electron chi connectivity index (χ4n) is 1.77. The smallest absolute Gasteiger partial charge is 0.371 e. The fraction of sp³-hybridized carbons (Fsp3) is 0.308. The van der Waals surface area contributed by atoms with Gasteiger partial charge in [0.05, 0.1) is 0 Å². The van der Waals surface area contributed by atoms with Gasteiger partial charge in [-0.2, -0.15) is 0 Å². The van der Waals surface area contributed by atoms with Crippen LogP contribution in [0.2, 0.25) is 0 Å². The molecule has 0 fully saturated rings. The van der Waals surface area contributed by atoms with Crippen molar-refractivity contribution >= 4 is 27.7 Å². The van der Waals surface area contributed by atoms with Gasteiger partial charge in [0.2, 0.25) is 5.76 Å². The van der Waals surface area contributed by atoms with E-state index < -0.39 is 16.8 Å². The number of aromatic carboxylic acids is 1. The minimum Gasteiger partial charge on any atom is -0.475 e. The molecule has 2 rings (SSSR count). The normalized spacial score (nSPS) is 12.7. The van der Waals surface area contributed by atoms with Gasteiger partial charge in [-0.15, -0.1) is 0 Å². The molecule has 0 bridgehead atoms. The third-order valence-corrected chi connectivity index (χ3v) is 4.07. The van der Waals surface area contributed by atoms with Crippen molar-refractivity contribution in [2.24, 2.45) is 0 Å². The summed E-state index contributed by atoms with van der Waals surface area (Å²) in [6, 6.07) is 6.87. The molecular weight excluding hydrogens is 252 g/mol. The largest absolute Gasteiger partial charge is 0.475 e. The van der Waals surface area contributed by atoms with E-state index >= 15 is 0 Å². The number of hydrogen-bond donors (Lipinski definition) is 1. The average Bonchev–Trinajstić information content (AvgIpc) is 2.72. The molecule has 2 aromatic rings. The first-order valence-electron chi connectivity index (χ1n) is 5.71. The highest BCUT2D eigenvalue weighted by atomic mass is 32.2. The molecule has 0 saturated carbocycles. The molecule has 0 spiro atoms. The first kappa shape index (κ1) is 12.8. The van der Waals surface area contributed by atoms with Crippen LogP contribution in [-0.2, 0) is 16.6 Å². The molecular formula is C13H14O4S.